The number of aromatic amines is 1. The highest BCUT2D eigenvalue weighted by atomic mass is 16.5. The molecule has 0 aliphatic rings. The predicted octanol–water partition coefficient (Wildman–Crippen LogP) is 4.21. The molecule has 2 heterocycles. The summed E-state index contributed by atoms with van der Waals surface area (Å²) in [4.78, 5) is 13.1. The number of benzene rings is 2. The van der Waals surface area contributed by atoms with Gasteiger partial charge in [-0.25, -0.2) is 4.79 Å². The van der Waals surface area contributed by atoms with E-state index in [2.05, 4.69) is 23.2 Å². The molecule has 6 nitrogen and oxygen atoms in total. The van der Waals surface area contributed by atoms with Crippen LogP contribution >= 0.6 is 0 Å². The Labute approximate surface area is 169 Å². The second-order valence-corrected chi connectivity index (χ2v) is 6.99. The number of aryl methyl sites for hydroxylation is 1. The Kier molecular flexibility index (Phi) is 5.08. The van der Waals surface area contributed by atoms with Crippen molar-refractivity contribution in [1.82, 2.24) is 19.3 Å². The Morgan fingerprint density at radius 1 is 1.17 bits per heavy atom. The number of aromatic nitrogens is 4. The van der Waals surface area contributed by atoms with E-state index in [0.29, 0.717) is 0 Å². The lowest BCUT2D eigenvalue weighted by Crippen LogP contribution is -2.25. The zero-order valence-electron chi connectivity index (χ0n) is 16.8. The number of ether oxygens (including phenoxy) is 1. The molecular formula is C23H24N4O2. The van der Waals surface area contributed by atoms with Crippen LogP contribution in [0.4, 0.5) is 0 Å². The second kappa shape index (κ2) is 7.83. The molecule has 2 aromatic carbocycles. The zero-order chi connectivity index (χ0) is 20.4. The summed E-state index contributed by atoms with van der Waals surface area (Å²) < 4.78 is 8.74. The van der Waals surface area contributed by atoms with Gasteiger partial charge in [0.25, 0.3) is 0 Å². The van der Waals surface area contributed by atoms with Gasteiger partial charge in [0.1, 0.15) is 5.75 Å². The molecule has 0 amide bonds. The van der Waals surface area contributed by atoms with E-state index in [0.717, 1.165) is 34.5 Å². The van der Waals surface area contributed by atoms with Gasteiger partial charge in [0, 0.05) is 24.2 Å². The number of H-pyrrole nitrogens is 1. The van der Waals surface area contributed by atoms with Crippen molar-refractivity contribution in [1.29, 1.82) is 0 Å². The highest BCUT2D eigenvalue weighted by molar-refractivity contribution is 5.67. The van der Waals surface area contributed by atoms with Gasteiger partial charge in [-0.15, -0.1) is 0 Å². The first-order valence-electron chi connectivity index (χ1n) is 9.68. The molecule has 0 saturated heterocycles. The van der Waals surface area contributed by atoms with Crippen LogP contribution in [0.3, 0.4) is 0 Å². The van der Waals surface area contributed by atoms with E-state index < -0.39 is 0 Å². The number of hydrogen-bond acceptors (Lipinski definition) is 3. The van der Waals surface area contributed by atoms with Gasteiger partial charge < -0.3 is 4.74 Å². The molecule has 0 aliphatic heterocycles. The van der Waals surface area contributed by atoms with Gasteiger partial charge in [0.15, 0.2) is 0 Å². The number of rotatable bonds is 6. The van der Waals surface area contributed by atoms with E-state index in [9.17, 15) is 4.79 Å². The minimum atomic E-state index is -0.102. The molecule has 4 rings (SSSR count). The standard InChI is InChI=1S/C23H24N4O2/c1-4-17-12-20(8-9-22(17)19-14-24-25-15-19)27-11-10-26(23(27)28)16(2)18-6-5-7-21(13-18)29-3/h5-16H,4H2,1-3H3,(H,24,25). The lowest BCUT2D eigenvalue weighted by Gasteiger charge is -2.14. The lowest BCUT2D eigenvalue weighted by atomic mass is 10.00. The molecule has 148 valence electrons. The molecule has 0 saturated carbocycles. The Bertz CT molecular complexity index is 1170. The number of methoxy groups -OCH3 is 1. The van der Waals surface area contributed by atoms with Crippen LogP contribution in [0.5, 0.6) is 5.75 Å². The maximum atomic E-state index is 13.1. The van der Waals surface area contributed by atoms with Crippen LogP contribution in [0.2, 0.25) is 0 Å². The SMILES string of the molecule is CCc1cc(-n2ccn(C(C)c3cccc(OC)c3)c2=O)ccc1-c1cn[nH]c1. The quantitative estimate of drug-likeness (QED) is 0.538. The van der Waals surface area contributed by atoms with Crippen molar-refractivity contribution < 1.29 is 4.74 Å². The van der Waals surface area contributed by atoms with Crippen molar-refractivity contribution in [2.24, 2.45) is 0 Å². The predicted molar refractivity (Wildman–Crippen MR) is 114 cm³/mol. The molecule has 4 aromatic rings. The number of hydrogen-bond donors (Lipinski definition) is 1. The van der Waals surface area contributed by atoms with Crippen LogP contribution in [0.1, 0.15) is 31.0 Å². The van der Waals surface area contributed by atoms with E-state index in [1.54, 1.807) is 16.2 Å². The van der Waals surface area contributed by atoms with Crippen LogP contribution in [-0.4, -0.2) is 26.4 Å². The highest BCUT2D eigenvalue weighted by Crippen LogP contribution is 2.26. The molecular weight excluding hydrogens is 364 g/mol. The third-order valence-electron chi connectivity index (χ3n) is 5.35. The van der Waals surface area contributed by atoms with Crippen LogP contribution in [0.15, 0.2) is 72.0 Å². The van der Waals surface area contributed by atoms with Crippen molar-refractivity contribution in [3.05, 3.63) is 88.9 Å². The van der Waals surface area contributed by atoms with E-state index in [1.807, 2.05) is 68.1 Å². The fraction of sp³-hybridized carbons (Fsp3) is 0.217. The largest absolute Gasteiger partial charge is 0.497 e. The molecule has 1 unspecified atom stereocenters. The average molecular weight is 388 g/mol. The number of nitrogens with one attached hydrogen (secondary N) is 1. The van der Waals surface area contributed by atoms with Gasteiger partial charge in [-0.05, 0) is 54.3 Å². The third kappa shape index (κ3) is 3.49. The molecule has 2 aromatic heterocycles. The fourth-order valence-electron chi connectivity index (χ4n) is 3.65. The maximum Gasteiger partial charge on any atom is 0.333 e. The summed E-state index contributed by atoms with van der Waals surface area (Å²) in [5, 5.41) is 6.90. The number of nitrogens with zero attached hydrogens (tertiary/aromatic N) is 3. The summed E-state index contributed by atoms with van der Waals surface area (Å²) in [6, 6.07) is 13.8. The summed E-state index contributed by atoms with van der Waals surface area (Å²) in [6.45, 7) is 4.13. The first-order valence-corrected chi connectivity index (χ1v) is 9.68. The van der Waals surface area contributed by atoms with Crippen molar-refractivity contribution in [2.45, 2.75) is 26.3 Å². The third-order valence-corrected chi connectivity index (χ3v) is 5.35. The average Bonchev–Trinajstić information content (AvgIpc) is 3.43. The molecule has 0 aliphatic carbocycles. The summed E-state index contributed by atoms with van der Waals surface area (Å²) in [7, 11) is 1.64. The van der Waals surface area contributed by atoms with E-state index in [1.165, 1.54) is 5.56 Å². The Morgan fingerprint density at radius 2 is 2.03 bits per heavy atom. The molecule has 29 heavy (non-hydrogen) atoms. The Hall–Kier alpha value is -3.54. The van der Waals surface area contributed by atoms with Crippen LogP contribution in [0, 0.1) is 0 Å². The summed E-state index contributed by atoms with van der Waals surface area (Å²) in [5.74, 6) is 0.782. The normalized spacial score (nSPS) is 12.1. The minimum absolute atomic E-state index is 0.0709. The maximum absolute atomic E-state index is 13.1. The molecule has 6 heteroatoms. The van der Waals surface area contributed by atoms with E-state index >= 15 is 0 Å². The summed E-state index contributed by atoms with van der Waals surface area (Å²) >= 11 is 0. The summed E-state index contributed by atoms with van der Waals surface area (Å²) in [6.07, 6.45) is 8.22. The second-order valence-electron chi connectivity index (χ2n) is 6.99. The first-order chi connectivity index (χ1) is 14.1. The zero-order valence-corrected chi connectivity index (χ0v) is 16.8. The summed E-state index contributed by atoms with van der Waals surface area (Å²) in [5.41, 5.74) is 5.15. The molecule has 0 bridgehead atoms. The first kappa shape index (κ1) is 18.8. The topological polar surface area (TPSA) is 64.8 Å². The van der Waals surface area contributed by atoms with Gasteiger partial charge in [-0.2, -0.15) is 5.10 Å². The van der Waals surface area contributed by atoms with Gasteiger partial charge >= 0.3 is 5.69 Å². The van der Waals surface area contributed by atoms with Gasteiger partial charge in [0.05, 0.1) is 25.0 Å². The Balaban J connectivity index is 1.71. The van der Waals surface area contributed by atoms with Gasteiger partial charge in [-0.3, -0.25) is 14.2 Å². The van der Waals surface area contributed by atoms with Crippen LogP contribution < -0.4 is 10.4 Å². The molecule has 0 radical (unpaired) electrons. The molecule has 0 spiro atoms. The number of imidazole rings is 1. The monoisotopic (exact) mass is 388 g/mol. The minimum Gasteiger partial charge on any atom is -0.497 e. The highest BCUT2D eigenvalue weighted by Gasteiger charge is 2.15. The smallest absolute Gasteiger partial charge is 0.333 e. The molecule has 0 fully saturated rings. The van der Waals surface area contributed by atoms with Crippen molar-refractivity contribution >= 4 is 0 Å². The lowest BCUT2D eigenvalue weighted by molar-refractivity contribution is 0.413. The van der Waals surface area contributed by atoms with Gasteiger partial charge in [-0.1, -0.05) is 25.1 Å². The van der Waals surface area contributed by atoms with Crippen molar-refractivity contribution in [3.8, 4) is 22.6 Å². The van der Waals surface area contributed by atoms with E-state index in [4.69, 9.17) is 4.74 Å². The van der Waals surface area contributed by atoms with Crippen LogP contribution in [0.25, 0.3) is 16.8 Å². The fourth-order valence-corrected chi connectivity index (χ4v) is 3.65. The van der Waals surface area contributed by atoms with Crippen molar-refractivity contribution in [3.63, 3.8) is 0 Å². The van der Waals surface area contributed by atoms with Gasteiger partial charge in [0.2, 0.25) is 0 Å². The van der Waals surface area contributed by atoms with Crippen LogP contribution in [-0.2, 0) is 6.42 Å². The Morgan fingerprint density at radius 3 is 2.76 bits per heavy atom. The molecule has 1 N–H and O–H groups in total. The molecule has 1 atom stereocenters. The van der Waals surface area contributed by atoms with Crippen molar-refractivity contribution in [2.75, 3.05) is 7.11 Å². The van der Waals surface area contributed by atoms with E-state index in [-0.39, 0.29) is 11.7 Å².